The number of amides is 1. The molecular weight excluding hydrogens is 398 g/mol. The van der Waals surface area contributed by atoms with Crippen LogP contribution in [0.5, 0.6) is 0 Å². The van der Waals surface area contributed by atoms with Crippen LogP contribution >= 0.6 is 15.9 Å². The van der Waals surface area contributed by atoms with Gasteiger partial charge < -0.3 is 10.4 Å². The molecule has 2 aromatic rings. The van der Waals surface area contributed by atoms with Crippen molar-refractivity contribution in [2.45, 2.75) is 64.1 Å². The third-order valence-electron chi connectivity index (χ3n) is 5.07. The Morgan fingerprint density at radius 1 is 1.42 bits per heavy atom. The van der Waals surface area contributed by atoms with Gasteiger partial charge in [0.2, 0.25) is 5.91 Å². The number of carbonyl (C=O) groups is 1. The van der Waals surface area contributed by atoms with Crippen molar-refractivity contribution in [2.75, 3.05) is 0 Å². The minimum Gasteiger partial charge on any atom is -0.390 e. The van der Waals surface area contributed by atoms with Crippen LogP contribution in [0.4, 0.5) is 0 Å². The van der Waals surface area contributed by atoms with Crippen LogP contribution in [0.25, 0.3) is 10.8 Å². The molecule has 1 aliphatic rings. The molecule has 1 saturated carbocycles. The van der Waals surface area contributed by atoms with Gasteiger partial charge in [-0.25, -0.2) is 4.68 Å². The molecule has 0 bridgehead atoms. The van der Waals surface area contributed by atoms with Crippen molar-refractivity contribution in [1.82, 2.24) is 15.1 Å². The zero-order valence-corrected chi connectivity index (χ0v) is 16.8. The van der Waals surface area contributed by atoms with Crippen molar-refractivity contribution in [3.05, 3.63) is 38.7 Å². The number of aliphatic hydroxyl groups is 1. The monoisotopic (exact) mass is 421 g/mol. The zero-order chi connectivity index (χ0) is 19.1. The third kappa shape index (κ3) is 3.69. The standard InChI is InChI=1S/C19H24BrN3O3/c1-4-19(26)8-13(9-19)21-16(24)10-23-18(25)14-6-5-12(20)7-15(14)17(22-23)11(2)3/h5-7,11,13,26H,4,8-10H2,1-3H3,(H,21,24). The minimum atomic E-state index is -0.659. The van der Waals surface area contributed by atoms with E-state index >= 15 is 0 Å². The zero-order valence-electron chi connectivity index (χ0n) is 15.3. The fourth-order valence-corrected chi connectivity index (χ4v) is 3.84. The van der Waals surface area contributed by atoms with E-state index in [-0.39, 0.29) is 30.0 Å². The molecule has 0 spiro atoms. The maximum atomic E-state index is 12.7. The summed E-state index contributed by atoms with van der Waals surface area (Å²) in [5.41, 5.74) is -0.141. The summed E-state index contributed by atoms with van der Waals surface area (Å²) < 4.78 is 2.13. The van der Waals surface area contributed by atoms with E-state index in [9.17, 15) is 14.7 Å². The summed E-state index contributed by atoms with van der Waals surface area (Å²) in [6.07, 6.45) is 1.79. The molecule has 6 nitrogen and oxygen atoms in total. The number of nitrogens with zero attached hydrogens (tertiary/aromatic N) is 2. The quantitative estimate of drug-likeness (QED) is 0.776. The third-order valence-corrected chi connectivity index (χ3v) is 5.56. The highest BCUT2D eigenvalue weighted by Gasteiger charge is 2.41. The number of hydrogen-bond acceptors (Lipinski definition) is 4. The minimum absolute atomic E-state index is 0.0378. The van der Waals surface area contributed by atoms with Crippen molar-refractivity contribution in [2.24, 2.45) is 0 Å². The predicted molar refractivity (Wildman–Crippen MR) is 104 cm³/mol. The summed E-state index contributed by atoms with van der Waals surface area (Å²) in [7, 11) is 0. The summed E-state index contributed by atoms with van der Waals surface area (Å²) in [6.45, 7) is 5.84. The fourth-order valence-electron chi connectivity index (χ4n) is 3.47. The first-order valence-electron chi connectivity index (χ1n) is 8.94. The molecule has 26 heavy (non-hydrogen) atoms. The summed E-state index contributed by atoms with van der Waals surface area (Å²) >= 11 is 3.43. The van der Waals surface area contributed by atoms with E-state index in [0.717, 1.165) is 15.6 Å². The number of benzene rings is 1. The van der Waals surface area contributed by atoms with Crippen LogP contribution in [-0.2, 0) is 11.3 Å². The maximum Gasteiger partial charge on any atom is 0.275 e. The van der Waals surface area contributed by atoms with E-state index in [1.807, 2.05) is 32.9 Å². The Labute approximate surface area is 160 Å². The molecule has 0 aliphatic heterocycles. The average Bonchev–Trinajstić information content (AvgIpc) is 2.55. The molecule has 1 aromatic carbocycles. The van der Waals surface area contributed by atoms with Crippen LogP contribution in [0.1, 0.15) is 51.6 Å². The lowest BCUT2D eigenvalue weighted by Crippen LogP contribution is -2.55. The number of halogens is 1. The first-order chi connectivity index (χ1) is 12.2. The second-order valence-corrected chi connectivity index (χ2v) is 8.36. The largest absolute Gasteiger partial charge is 0.390 e. The molecule has 1 fully saturated rings. The highest BCUT2D eigenvalue weighted by atomic mass is 79.9. The molecule has 140 valence electrons. The van der Waals surface area contributed by atoms with Gasteiger partial charge in [-0.15, -0.1) is 0 Å². The molecule has 0 radical (unpaired) electrons. The van der Waals surface area contributed by atoms with Gasteiger partial charge in [-0.05, 0) is 43.4 Å². The van der Waals surface area contributed by atoms with Gasteiger partial charge in [0, 0.05) is 15.9 Å². The number of nitrogens with one attached hydrogen (secondary N) is 1. The fraction of sp³-hybridized carbons (Fsp3) is 0.526. The molecule has 3 rings (SSSR count). The molecule has 0 atom stereocenters. The lowest BCUT2D eigenvalue weighted by molar-refractivity contribution is -0.126. The SMILES string of the molecule is CCC1(O)CC(NC(=O)Cn2nc(C(C)C)c3cc(Br)ccc3c2=O)C1. The van der Waals surface area contributed by atoms with Crippen LogP contribution in [-0.4, -0.2) is 32.4 Å². The maximum absolute atomic E-state index is 12.7. The molecule has 0 unspecified atom stereocenters. The first-order valence-corrected chi connectivity index (χ1v) is 9.74. The van der Waals surface area contributed by atoms with Gasteiger partial charge in [-0.3, -0.25) is 9.59 Å². The number of rotatable bonds is 5. The molecule has 1 heterocycles. The van der Waals surface area contributed by atoms with Gasteiger partial charge >= 0.3 is 0 Å². The van der Waals surface area contributed by atoms with Crippen LogP contribution in [0.2, 0.25) is 0 Å². The molecule has 7 heteroatoms. The van der Waals surface area contributed by atoms with Crippen molar-refractivity contribution in [3.63, 3.8) is 0 Å². The lowest BCUT2D eigenvalue weighted by atomic mass is 9.74. The normalized spacial score (nSPS) is 22.5. The molecular formula is C19H24BrN3O3. The summed E-state index contributed by atoms with van der Waals surface area (Å²) in [4.78, 5) is 25.1. The van der Waals surface area contributed by atoms with E-state index in [1.165, 1.54) is 4.68 Å². The van der Waals surface area contributed by atoms with Crippen LogP contribution in [0, 0.1) is 0 Å². The van der Waals surface area contributed by atoms with Crippen molar-refractivity contribution >= 4 is 32.6 Å². The van der Waals surface area contributed by atoms with Gasteiger partial charge in [0.1, 0.15) is 6.54 Å². The van der Waals surface area contributed by atoms with Gasteiger partial charge in [0.05, 0.1) is 16.7 Å². The lowest BCUT2D eigenvalue weighted by Gasteiger charge is -2.43. The second kappa shape index (κ2) is 7.12. The first kappa shape index (κ1) is 19.0. The molecule has 1 amide bonds. The van der Waals surface area contributed by atoms with Crippen LogP contribution < -0.4 is 10.9 Å². The molecule has 1 aromatic heterocycles. The van der Waals surface area contributed by atoms with Gasteiger partial charge in [0.25, 0.3) is 5.56 Å². The Morgan fingerprint density at radius 2 is 2.12 bits per heavy atom. The summed E-state index contributed by atoms with van der Waals surface area (Å²) in [6, 6.07) is 5.43. The van der Waals surface area contributed by atoms with E-state index in [0.29, 0.717) is 24.6 Å². The Morgan fingerprint density at radius 3 is 2.73 bits per heavy atom. The summed E-state index contributed by atoms with van der Waals surface area (Å²) in [5, 5.41) is 18.8. The number of fused-ring (bicyclic) bond motifs is 1. The highest BCUT2D eigenvalue weighted by molar-refractivity contribution is 9.10. The van der Waals surface area contributed by atoms with Crippen molar-refractivity contribution in [1.29, 1.82) is 0 Å². The van der Waals surface area contributed by atoms with Crippen LogP contribution in [0.15, 0.2) is 27.5 Å². The number of carbonyl (C=O) groups excluding carboxylic acids is 1. The van der Waals surface area contributed by atoms with Gasteiger partial charge in [-0.1, -0.05) is 36.7 Å². The van der Waals surface area contributed by atoms with E-state index in [1.54, 1.807) is 6.07 Å². The van der Waals surface area contributed by atoms with E-state index < -0.39 is 5.60 Å². The number of aromatic nitrogens is 2. The number of hydrogen-bond donors (Lipinski definition) is 2. The van der Waals surface area contributed by atoms with Crippen molar-refractivity contribution < 1.29 is 9.90 Å². The predicted octanol–water partition coefficient (Wildman–Crippen LogP) is 2.70. The Bertz CT molecular complexity index is 901. The van der Waals surface area contributed by atoms with E-state index in [2.05, 4.69) is 26.3 Å². The Balaban J connectivity index is 1.84. The topological polar surface area (TPSA) is 84.2 Å². The van der Waals surface area contributed by atoms with Crippen molar-refractivity contribution in [3.8, 4) is 0 Å². The van der Waals surface area contributed by atoms with Gasteiger partial charge in [-0.2, -0.15) is 5.10 Å². The Kier molecular flexibility index (Phi) is 5.21. The molecule has 1 aliphatic carbocycles. The van der Waals surface area contributed by atoms with Crippen LogP contribution in [0.3, 0.4) is 0 Å². The molecule has 2 N–H and O–H groups in total. The van der Waals surface area contributed by atoms with Gasteiger partial charge in [0.15, 0.2) is 0 Å². The second-order valence-electron chi connectivity index (χ2n) is 7.44. The van der Waals surface area contributed by atoms with E-state index in [4.69, 9.17) is 0 Å². The summed E-state index contributed by atoms with van der Waals surface area (Å²) in [5.74, 6) is -0.137. The highest BCUT2D eigenvalue weighted by Crippen LogP contribution is 2.34. The molecule has 0 saturated heterocycles. The smallest absolute Gasteiger partial charge is 0.275 e. The Hall–Kier alpha value is -1.73. The average molecular weight is 422 g/mol.